The van der Waals surface area contributed by atoms with Gasteiger partial charge >= 0.3 is 0 Å². The molecule has 0 unspecified atom stereocenters. The summed E-state index contributed by atoms with van der Waals surface area (Å²) in [4.78, 5) is 24.3. The first-order chi connectivity index (χ1) is 14.7. The molecule has 1 aromatic carbocycles. The first-order valence-electron chi connectivity index (χ1n) is 10.1. The molecule has 1 N–H and O–H groups in total. The highest BCUT2D eigenvalue weighted by Gasteiger charge is 2.49. The summed E-state index contributed by atoms with van der Waals surface area (Å²) in [6.07, 6.45) is 7.55. The summed E-state index contributed by atoms with van der Waals surface area (Å²) in [6, 6.07) is 11.8. The van der Waals surface area contributed by atoms with Crippen LogP contribution >= 0.6 is 0 Å². The molecule has 2 fully saturated rings. The summed E-state index contributed by atoms with van der Waals surface area (Å²) in [5.41, 5.74) is 2.89. The second-order valence-corrected chi connectivity index (χ2v) is 7.88. The number of fused-ring (bicyclic) bond motifs is 2. The van der Waals surface area contributed by atoms with Gasteiger partial charge in [-0.1, -0.05) is 12.1 Å². The average Bonchev–Trinajstić information content (AvgIpc) is 3.50. The van der Waals surface area contributed by atoms with Crippen LogP contribution in [-0.4, -0.2) is 38.9 Å². The van der Waals surface area contributed by atoms with E-state index in [9.17, 15) is 4.79 Å². The van der Waals surface area contributed by atoms with E-state index in [0.717, 1.165) is 36.2 Å². The van der Waals surface area contributed by atoms with Crippen molar-refractivity contribution < 1.29 is 9.21 Å². The van der Waals surface area contributed by atoms with E-state index in [1.54, 1.807) is 18.5 Å². The number of aryl methyl sites for hydroxylation is 1. The summed E-state index contributed by atoms with van der Waals surface area (Å²) in [7, 11) is 0. The predicted octanol–water partition coefficient (Wildman–Crippen LogP) is 3.77. The summed E-state index contributed by atoms with van der Waals surface area (Å²) >= 11 is 0. The molecule has 0 spiro atoms. The summed E-state index contributed by atoms with van der Waals surface area (Å²) in [5, 5.41) is 12.4. The molecule has 150 valence electrons. The number of amides is 1. The molecular weight excluding hydrogens is 378 g/mol. The minimum Gasteiger partial charge on any atom is -0.444 e. The quantitative estimate of drug-likeness (QED) is 0.717. The van der Waals surface area contributed by atoms with Crippen molar-refractivity contribution >= 4 is 11.7 Å². The molecule has 0 saturated carbocycles. The van der Waals surface area contributed by atoms with E-state index in [4.69, 9.17) is 9.68 Å². The molecular formula is C23H21N5O2. The normalized spacial score (nSPS) is 22.1. The Kier molecular flexibility index (Phi) is 4.47. The lowest BCUT2D eigenvalue weighted by molar-refractivity contribution is 0.0728. The van der Waals surface area contributed by atoms with Gasteiger partial charge in [-0.15, -0.1) is 0 Å². The summed E-state index contributed by atoms with van der Waals surface area (Å²) < 4.78 is 5.52. The van der Waals surface area contributed by atoms with E-state index < -0.39 is 0 Å². The fourth-order valence-electron chi connectivity index (χ4n) is 4.81. The molecule has 2 aliphatic rings. The number of carbonyl (C=O) groups is 1. The van der Waals surface area contributed by atoms with Crippen molar-refractivity contribution in [1.29, 1.82) is 5.26 Å². The van der Waals surface area contributed by atoms with Crippen LogP contribution in [0.25, 0.3) is 11.5 Å². The summed E-state index contributed by atoms with van der Waals surface area (Å²) in [5.74, 6) is 1.23. The topological polar surface area (TPSA) is 95.1 Å². The van der Waals surface area contributed by atoms with Gasteiger partial charge in [0.2, 0.25) is 5.89 Å². The predicted molar refractivity (Wildman–Crippen MR) is 111 cm³/mol. The number of nitrogens with zero attached hydrogens (tertiary/aromatic N) is 4. The van der Waals surface area contributed by atoms with Gasteiger partial charge in [0, 0.05) is 18.3 Å². The number of nitrogens with one attached hydrogen (secondary N) is 1. The first-order valence-corrected chi connectivity index (χ1v) is 10.1. The summed E-state index contributed by atoms with van der Waals surface area (Å²) in [6.45, 7) is 1.97. The van der Waals surface area contributed by atoms with E-state index in [-0.39, 0.29) is 24.0 Å². The monoisotopic (exact) mass is 399 g/mol. The first kappa shape index (κ1) is 18.4. The smallest absolute Gasteiger partial charge is 0.255 e. The van der Waals surface area contributed by atoms with Crippen molar-refractivity contribution in [2.45, 2.75) is 44.3 Å². The number of rotatable bonds is 4. The van der Waals surface area contributed by atoms with Crippen molar-refractivity contribution in [2.75, 3.05) is 5.32 Å². The Balaban J connectivity index is 1.41. The molecule has 2 aliphatic heterocycles. The molecule has 1 amide bonds. The van der Waals surface area contributed by atoms with E-state index in [0.29, 0.717) is 17.0 Å². The fourth-order valence-corrected chi connectivity index (χ4v) is 4.81. The van der Waals surface area contributed by atoms with Gasteiger partial charge in [-0.3, -0.25) is 4.79 Å². The molecule has 5 rings (SSSR count). The number of pyridine rings is 1. The molecule has 7 nitrogen and oxygen atoms in total. The zero-order valence-electron chi connectivity index (χ0n) is 16.6. The Morgan fingerprint density at radius 2 is 2.17 bits per heavy atom. The number of anilines is 1. The van der Waals surface area contributed by atoms with Crippen molar-refractivity contribution in [3.05, 3.63) is 65.7 Å². The maximum atomic E-state index is 13.6. The van der Waals surface area contributed by atoms with E-state index in [1.165, 1.54) is 6.26 Å². The lowest BCUT2D eigenvalue weighted by atomic mass is 9.95. The highest BCUT2D eigenvalue weighted by Crippen LogP contribution is 2.41. The molecule has 2 bridgehead atoms. The molecule has 30 heavy (non-hydrogen) atoms. The Bertz CT molecular complexity index is 1120. The Labute approximate surface area is 174 Å². The number of hydrogen-bond acceptors (Lipinski definition) is 6. The second kappa shape index (κ2) is 7.30. The highest BCUT2D eigenvalue weighted by atomic mass is 16.3. The molecule has 4 heterocycles. The maximum Gasteiger partial charge on any atom is 0.255 e. The van der Waals surface area contributed by atoms with Crippen molar-refractivity contribution in [3.63, 3.8) is 0 Å². The molecule has 3 atom stereocenters. The third-order valence-corrected chi connectivity index (χ3v) is 6.15. The average molecular weight is 399 g/mol. The van der Waals surface area contributed by atoms with Crippen LogP contribution in [0.3, 0.4) is 0 Å². The van der Waals surface area contributed by atoms with Gasteiger partial charge in [-0.25, -0.2) is 9.97 Å². The van der Waals surface area contributed by atoms with E-state index in [1.807, 2.05) is 36.1 Å². The second-order valence-electron chi connectivity index (χ2n) is 7.88. The zero-order chi connectivity index (χ0) is 20.7. The number of benzene rings is 1. The van der Waals surface area contributed by atoms with Crippen LogP contribution in [0.4, 0.5) is 5.82 Å². The molecule has 7 heteroatoms. The molecule has 0 aliphatic carbocycles. The van der Waals surface area contributed by atoms with Gasteiger partial charge in [0.05, 0.1) is 28.9 Å². The SMILES string of the molecule is Cc1cccc(C(=O)N2[C@@H]3CC[C@H]2[C@H](Nc2ccc(C#N)cn2)C3)c1-c1ncco1. The third-order valence-electron chi connectivity index (χ3n) is 6.15. The molecule has 3 aromatic rings. The minimum atomic E-state index is 0.0245. The van der Waals surface area contributed by atoms with Crippen LogP contribution < -0.4 is 5.32 Å². The van der Waals surface area contributed by atoms with Gasteiger partial charge < -0.3 is 14.6 Å². The Morgan fingerprint density at radius 3 is 2.90 bits per heavy atom. The number of aromatic nitrogens is 2. The van der Waals surface area contributed by atoms with Crippen molar-refractivity contribution in [2.24, 2.45) is 0 Å². The van der Waals surface area contributed by atoms with Gasteiger partial charge in [0.1, 0.15) is 18.2 Å². The van der Waals surface area contributed by atoms with Crippen LogP contribution in [0.2, 0.25) is 0 Å². The minimum absolute atomic E-state index is 0.0245. The van der Waals surface area contributed by atoms with Crippen molar-refractivity contribution in [3.8, 4) is 17.5 Å². The fraction of sp³-hybridized carbons (Fsp3) is 0.304. The molecule has 2 saturated heterocycles. The lowest BCUT2D eigenvalue weighted by Crippen LogP contribution is -2.40. The van der Waals surface area contributed by atoms with E-state index in [2.05, 4.69) is 21.4 Å². The van der Waals surface area contributed by atoms with Gasteiger partial charge in [-0.2, -0.15) is 5.26 Å². The number of carbonyl (C=O) groups excluding carboxylic acids is 1. The van der Waals surface area contributed by atoms with Gasteiger partial charge in [-0.05, 0) is 49.9 Å². The van der Waals surface area contributed by atoms with E-state index >= 15 is 0 Å². The van der Waals surface area contributed by atoms with Crippen LogP contribution in [0.1, 0.15) is 40.7 Å². The number of hydrogen-bond donors (Lipinski definition) is 1. The number of oxazole rings is 1. The van der Waals surface area contributed by atoms with Gasteiger partial charge in [0.25, 0.3) is 5.91 Å². The third kappa shape index (κ3) is 3.01. The zero-order valence-corrected chi connectivity index (χ0v) is 16.6. The molecule has 2 aromatic heterocycles. The Hall–Kier alpha value is -3.66. The van der Waals surface area contributed by atoms with Gasteiger partial charge in [0.15, 0.2) is 0 Å². The molecule has 0 radical (unpaired) electrons. The largest absolute Gasteiger partial charge is 0.444 e. The number of nitriles is 1. The maximum absolute atomic E-state index is 13.6. The Morgan fingerprint density at radius 1 is 1.27 bits per heavy atom. The lowest BCUT2D eigenvalue weighted by Gasteiger charge is -2.26. The van der Waals surface area contributed by atoms with Crippen LogP contribution in [-0.2, 0) is 0 Å². The van der Waals surface area contributed by atoms with Crippen LogP contribution in [0.5, 0.6) is 0 Å². The standard InChI is InChI=1S/C23H21N5O2/c1-14-3-2-4-17(21(14)22-25-9-10-30-22)23(29)28-16-6-7-19(28)18(11-16)27-20-8-5-15(12-24)13-26-20/h2-5,8-10,13,16,18-19H,6-7,11H2,1H3,(H,26,27)/t16-,18-,19+/m1/s1. The van der Waals surface area contributed by atoms with Crippen molar-refractivity contribution in [1.82, 2.24) is 14.9 Å². The highest BCUT2D eigenvalue weighted by molar-refractivity contribution is 6.01. The van der Waals surface area contributed by atoms with Crippen LogP contribution in [0, 0.1) is 18.3 Å². The van der Waals surface area contributed by atoms with Crippen LogP contribution in [0.15, 0.2) is 53.4 Å².